The van der Waals surface area contributed by atoms with E-state index >= 15 is 0 Å². The molecule has 20 heavy (non-hydrogen) atoms. The molecule has 0 saturated heterocycles. The molecular formula is C13H10BrCl2N3O. The predicted octanol–water partition coefficient (Wildman–Crippen LogP) is 3.91. The zero-order chi connectivity index (χ0) is 14.7. The van der Waals surface area contributed by atoms with Crippen molar-refractivity contribution >= 4 is 56.4 Å². The van der Waals surface area contributed by atoms with Gasteiger partial charge in [0.25, 0.3) is 0 Å². The fourth-order valence-corrected chi connectivity index (χ4v) is 2.34. The minimum Gasteiger partial charge on any atom is -0.397 e. The number of carbonyl (C=O) groups excluding carboxylic acids is 1. The van der Waals surface area contributed by atoms with E-state index in [9.17, 15) is 4.79 Å². The highest BCUT2D eigenvalue weighted by Gasteiger charge is 2.11. The molecule has 0 bridgehead atoms. The number of benzene rings is 1. The molecule has 7 heteroatoms. The molecule has 3 N–H and O–H groups in total. The molecule has 0 saturated carbocycles. The van der Waals surface area contributed by atoms with Crippen LogP contribution >= 0.6 is 39.1 Å². The Balaban J connectivity index is 2.08. The molecule has 1 heterocycles. The number of aromatic nitrogens is 1. The van der Waals surface area contributed by atoms with Crippen LogP contribution in [-0.4, -0.2) is 10.9 Å². The number of rotatable bonds is 3. The van der Waals surface area contributed by atoms with Gasteiger partial charge in [-0.2, -0.15) is 0 Å². The minimum absolute atomic E-state index is 0.129. The van der Waals surface area contributed by atoms with Crippen molar-refractivity contribution in [2.45, 2.75) is 6.42 Å². The van der Waals surface area contributed by atoms with Gasteiger partial charge in [-0.3, -0.25) is 9.78 Å². The molecule has 2 aromatic rings. The zero-order valence-corrected chi connectivity index (χ0v) is 13.3. The molecule has 2 rings (SSSR count). The standard InChI is InChI=1S/C13H10BrCl2N3O/c14-9-3-4-10(13(16)12(9)15)19-11(20)5-8-2-1-7(17)6-18-8/h1-4,6H,5,17H2,(H,19,20). The Morgan fingerprint density at radius 3 is 2.65 bits per heavy atom. The first-order valence-corrected chi connectivity index (χ1v) is 7.16. The summed E-state index contributed by atoms with van der Waals surface area (Å²) in [7, 11) is 0. The van der Waals surface area contributed by atoms with Gasteiger partial charge in [0.2, 0.25) is 5.91 Å². The van der Waals surface area contributed by atoms with E-state index in [2.05, 4.69) is 26.2 Å². The van der Waals surface area contributed by atoms with Crippen molar-refractivity contribution in [2.24, 2.45) is 0 Å². The van der Waals surface area contributed by atoms with Crippen molar-refractivity contribution < 1.29 is 4.79 Å². The second-order valence-electron chi connectivity index (χ2n) is 4.03. The third kappa shape index (κ3) is 3.62. The Kier molecular flexibility index (Phi) is 4.86. The van der Waals surface area contributed by atoms with E-state index in [0.29, 0.717) is 31.6 Å². The predicted molar refractivity (Wildman–Crippen MR) is 85.1 cm³/mol. The fraction of sp³-hybridized carbons (Fsp3) is 0.0769. The number of halogens is 3. The van der Waals surface area contributed by atoms with Gasteiger partial charge in [0.15, 0.2) is 0 Å². The second kappa shape index (κ2) is 6.43. The number of hydrogen-bond acceptors (Lipinski definition) is 3. The Bertz CT molecular complexity index is 647. The molecule has 0 aliphatic rings. The quantitative estimate of drug-likeness (QED) is 0.800. The molecule has 0 fully saturated rings. The Morgan fingerprint density at radius 2 is 2.00 bits per heavy atom. The second-order valence-corrected chi connectivity index (χ2v) is 5.64. The maximum absolute atomic E-state index is 11.9. The number of anilines is 2. The SMILES string of the molecule is Nc1ccc(CC(=O)Nc2ccc(Br)c(Cl)c2Cl)nc1. The van der Waals surface area contributed by atoms with E-state index in [4.69, 9.17) is 28.9 Å². The number of nitrogens with one attached hydrogen (secondary N) is 1. The number of amides is 1. The maximum Gasteiger partial charge on any atom is 0.230 e. The van der Waals surface area contributed by atoms with Crippen LogP contribution in [0.3, 0.4) is 0 Å². The van der Waals surface area contributed by atoms with Gasteiger partial charge in [0.1, 0.15) is 0 Å². The summed E-state index contributed by atoms with van der Waals surface area (Å²) in [5.41, 5.74) is 7.16. The highest BCUT2D eigenvalue weighted by molar-refractivity contribution is 9.10. The summed E-state index contributed by atoms with van der Waals surface area (Å²) in [5, 5.41) is 3.34. The molecular weight excluding hydrogens is 365 g/mol. The van der Waals surface area contributed by atoms with E-state index in [0.717, 1.165) is 0 Å². The number of carbonyl (C=O) groups is 1. The number of nitrogen functional groups attached to an aromatic ring is 1. The Labute approximate surface area is 134 Å². The van der Waals surface area contributed by atoms with E-state index in [1.54, 1.807) is 24.3 Å². The van der Waals surface area contributed by atoms with Crippen LogP contribution in [0.1, 0.15) is 5.69 Å². The number of nitrogens with zero attached hydrogens (tertiary/aromatic N) is 1. The summed E-state index contributed by atoms with van der Waals surface area (Å²) in [5.74, 6) is -0.234. The first kappa shape index (κ1) is 15.1. The van der Waals surface area contributed by atoms with Crippen LogP contribution in [0.2, 0.25) is 10.0 Å². The molecule has 0 spiro atoms. The van der Waals surface area contributed by atoms with Crippen molar-refractivity contribution in [1.29, 1.82) is 0 Å². The topological polar surface area (TPSA) is 68.0 Å². The van der Waals surface area contributed by atoms with Crippen molar-refractivity contribution in [2.75, 3.05) is 11.1 Å². The van der Waals surface area contributed by atoms with Crippen LogP contribution in [-0.2, 0) is 11.2 Å². The van der Waals surface area contributed by atoms with Gasteiger partial charge in [-0.25, -0.2) is 0 Å². The van der Waals surface area contributed by atoms with Gasteiger partial charge in [-0.05, 0) is 40.2 Å². The lowest BCUT2D eigenvalue weighted by Gasteiger charge is -2.09. The highest BCUT2D eigenvalue weighted by atomic mass is 79.9. The summed E-state index contributed by atoms with van der Waals surface area (Å²) in [6.07, 6.45) is 1.64. The zero-order valence-electron chi connectivity index (χ0n) is 10.2. The summed E-state index contributed by atoms with van der Waals surface area (Å²) in [4.78, 5) is 16.0. The van der Waals surface area contributed by atoms with Gasteiger partial charge >= 0.3 is 0 Å². The van der Waals surface area contributed by atoms with Gasteiger partial charge in [0, 0.05) is 10.2 Å². The number of nitrogens with two attached hydrogens (primary N) is 1. The van der Waals surface area contributed by atoms with E-state index in [1.165, 1.54) is 6.20 Å². The average molecular weight is 375 g/mol. The Morgan fingerprint density at radius 1 is 1.25 bits per heavy atom. The normalized spacial score (nSPS) is 10.3. The van der Waals surface area contributed by atoms with Crippen molar-refractivity contribution in [3.63, 3.8) is 0 Å². The lowest BCUT2D eigenvalue weighted by Crippen LogP contribution is -2.15. The van der Waals surface area contributed by atoms with Gasteiger partial charge < -0.3 is 11.1 Å². The number of hydrogen-bond donors (Lipinski definition) is 2. The van der Waals surface area contributed by atoms with Crippen molar-refractivity contribution in [1.82, 2.24) is 4.98 Å². The third-order valence-electron chi connectivity index (χ3n) is 2.50. The molecule has 104 valence electrons. The third-order valence-corrected chi connectivity index (χ3v) is 4.27. The summed E-state index contributed by atoms with van der Waals surface area (Å²) < 4.78 is 0.669. The summed E-state index contributed by atoms with van der Waals surface area (Å²) in [6, 6.07) is 6.78. The van der Waals surface area contributed by atoms with Crippen LogP contribution in [0.4, 0.5) is 11.4 Å². The van der Waals surface area contributed by atoms with E-state index < -0.39 is 0 Å². The largest absolute Gasteiger partial charge is 0.397 e. The molecule has 0 unspecified atom stereocenters. The van der Waals surface area contributed by atoms with Crippen LogP contribution in [0.15, 0.2) is 34.9 Å². The molecule has 4 nitrogen and oxygen atoms in total. The molecule has 1 aromatic carbocycles. The van der Waals surface area contributed by atoms with Crippen LogP contribution in [0.5, 0.6) is 0 Å². The molecule has 0 aliphatic carbocycles. The lowest BCUT2D eigenvalue weighted by atomic mass is 10.2. The molecule has 0 radical (unpaired) electrons. The molecule has 1 amide bonds. The smallest absolute Gasteiger partial charge is 0.230 e. The number of pyridine rings is 1. The summed E-state index contributed by atoms with van der Waals surface area (Å²) >= 11 is 15.3. The molecule has 1 aromatic heterocycles. The first-order valence-electron chi connectivity index (χ1n) is 5.61. The fourth-order valence-electron chi connectivity index (χ4n) is 1.52. The van der Waals surface area contributed by atoms with Crippen LogP contribution in [0, 0.1) is 0 Å². The monoisotopic (exact) mass is 373 g/mol. The van der Waals surface area contributed by atoms with Crippen LogP contribution < -0.4 is 11.1 Å². The molecule has 0 aliphatic heterocycles. The van der Waals surface area contributed by atoms with Gasteiger partial charge in [-0.15, -0.1) is 0 Å². The van der Waals surface area contributed by atoms with E-state index in [-0.39, 0.29) is 12.3 Å². The maximum atomic E-state index is 11.9. The van der Waals surface area contributed by atoms with Crippen molar-refractivity contribution in [3.8, 4) is 0 Å². The van der Waals surface area contributed by atoms with Gasteiger partial charge in [-0.1, -0.05) is 23.2 Å². The van der Waals surface area contributed by atoms with Gasteiger partial charge in [0.05, 0.1) is 34.0 Å². The lowest BCUT2D eigenvalue weighted by molar-refractivity contribution is -0.115. The van der Waals surface area contributed by atoms with E-state index in [1.807, 2.05) is 0 Å². The Hall–Kier alpha value is -1.30. The summed E-state index contributed by atoms with van der Waals surface area (Å²) in [6.45, 7) is 0. The minimum atomic E-state index is -0.234. The van der Waals surface area contributed by atoms with Crippen molar-refractivity contribution in [3.05, 3.63) is 50.7 Å². The van der Waals surface area contributed by atoms with Crippen LogP contribution in [0.25, 0.3) is 0 Å². The average Bonchev–Trinajstić information content (AvgIpc) is 2.42. The molecule has 0 atom stereocenters. The highest BCUT2D eigenvalue weighted by Crippen LogP contribution is 2.35. The first-order chi connectivity index (χ1) is 9.47.